The number of aromatic carboxylic acids is 1. The average molecular weight is 536 g/mol. The number of aryl methyl sites for hydroxylation is 1. The van der Waals surface area contributed by atoms with E-state index in [2.05, 4.69) is 27.2 Å². The highest BCUT2D eigenvalue weighted by Gasteiger charge is 2.29. The summed E-state index contributed by atoms with van der Waals surface area (Å²) >= 11 is 0. The summed E-state index contributed by atoms with van der Waals surface area (Å²) in [5, 5.41) is 13.7. The first-order valence-corrected chi connectivity index (χ1v) is 13.1. The number of carboxylic acids is 1. The summed E-state index contributed by atoms with van der Waals surface area (Å²) in [6.45, 7) is 4.62. The quantitative estimate of drug-likeness (QED) is 0.314. The van der Waals surface area contributed by atoms with Gasteiger partial charge in [0.2, 0.25) is 0 Å². The highest BCUT2D eigenvalue weighted by molar-refractivity contribution is 5.93. The summed E-state index contributed by atoms with van der Waals surface area (Å²) in [6.07, 6.45) is 2.64. The molecule has 200 valence electrons. The molecule has 2 aromatic carbocycles. The Balaban J connectivity index is 1.32. The molecule has 1 aliphatic heterocycles. The van der Waals surface area contributed by atoms with Gasteiger partial charge in [0.15, 0.2) is 5.65 Å². The van der Waals surface area contributed by atoms with Crippen molar-refractivity contribution in [1.29, 1.82) is 0 Å². The molecule has 6 rings (SSSR count). The lowest BCUT2D eigenvalue weighted by Gasteiger charge is -2.35. The number of nitrogens with zero attached hydrogens (tertiary/aromatic N) is 5. The molecule has 5 aromatic rings. The molecule has 0 aliphatic carbocycles. The van der Waals surface area contributed by atoms with Gasteiger partial charge >= 0.3 is 5.97 Å². The Morgan fingerprint density at radius 3 is 2.60 bits per heavy atom. The van der Waals surface area contributed by atoms with E-state index >= 15 is 4.39 Å². The molecular weight excluding hydrogens is 509 g/mol. The van der Waals surface area contributed by atoms with E-state index in [0.29, 0.717) is 41.3 Å². The molecule has 4 heterocycles. The maximum absolute atomic E-state index is 15.3. The number of rotatable bonds is 5. The molecule has 8 nitrogen and oxygen atoms in total. The number of halogens is 1. The average Bonchev–Trinajstić information content (AvgIpc) is 3.40. The van der Waals surface area contributed by atoms with E-state index in [1.165, 1.54) is 23.9 Å². The monoisotopic (exact) mass is 535 g/mol. The molecule has 0 spiro atoms. The molecule has 0 saturated heterocycles. The summed E-state index contributed by atoms with van der Waals surface area (Å²) in [4.78, 5) is 35.4. The minimum absolute atomic E-state index is 0.0576. The molecule has 1 atom stereocenters. The lowest BCUT2D eigenvalue weighted by atomic mass is 9.93. The van der Waals surface area contributed by atoms with Crippen LogP contribution in [-0.4, -0.2) is 48.0 Å². The molecule has 40 heavy (non-hydrogen) atoms. The van der Waals surface area contributed by atoms with Gasteiger partial charge in [0.1, 0.15) is 11.5 Å². The van der Waals surface area contributed by atoms with Crippen molar-refractivity contribution in [2.75, 3.05) is 6.54 Å². The van der Waals surface area contributed by atoms with E-state index in [0.717, 1.165) is 17.7 Å². The van der Waals surface area contributed by atoms with E-state index < -0.39 is 11.8 Å². The van der Waals surface area contributed by atoms with Gasteiger partial charge in [-0.1, -0.05) is 37.3 Å². The van der Waals surface area contributed by atoms with Gasteiger partial charge in [0, 0.05) is 35.6 Å². The Hall–Kier alpha value is -4.92. The molecule has 1 aliphatic rings. The molecule has 9 heteroatoms. The molecule has 0 bridgehead atoms. The van der Waals surface area contributed by atoms with Crippen LogP contribution in [0.4, 0.5) is 4.39 Å². The van der Waals surface area contributed by atoms with Crippen LogP contribution in [0.1, 0.15) is 57.6 Å². The fourth-order valence-electron chi connectivity index (χ4n) is 5.30. The number of carbonyl (C=O) groups excluding carboxylic acids is 1. The maximum Gasteiger partial charge on any atom is 0.337 e. The van der Waals surface area contributed by atoms with Gasteiger partial charge in [-0.15, -0.1) is 0 Å². The summed E-state index contributed by atoms with van der Waals surface area (Å²) in [5.41, 5.74) is 5.73. The lowest BCUT2D eigenvalue weighted by Crippen LogP contribution is -2.39. The highest BCUT2D eigenvalue weighted by Crippen LogP contribution is 2.31. The van der Waals surface area contributed by atoms with Crippen LogP contribution in [0.2, 0.25) is 0 Å². The van der Waals surface area contributed by atoms with E-state index in [-0.39, 0.29) is 23.1 Å². The summed E-state index contributed by atoms with van der Waals surface area (Å²) in [6, 6.07) is 19.2. The second-order valence-corrected chi connectivity index (χ2v) is 9.84. The Kier molecular flexibility index (Phi) is 6.34. The Labute approximate surface area is 229 Å². The van der Waals surface area contributed by atoms with Crippen molar-refractivity contribution in [3.63, 3.8) is 0 Å². The predicted octanol–water partition coefficient (Wildman–Crippen LogP) is 5.62. The number of hydrogen-bond donors (Lipinski definition) is 1. The van der Waals surface area contributed by atoms with Crippen LogP contribution in [0, 0.1) is 5.82 Å². The molecule has 3 aromatic heterocycles. The van der Waals surface area contributed by atoms with Crippen LogP contribution in [0.25, 0.3) is 28.2 Å². The number of carbonyl (C=O) groups is 2. The zero-order chi connectivity index (χ0) is 28.0. The van der Waals surface area contributed by atoms with Crippen LogP contribution in [0.3, 0.4) is 0 Å². The van der Waals surface area contributed by atoms with E-state index in [1.54, 1.807) is 34.8 Å². The van der Waals surface area contributed by atoms with Gasteiger partial charge in [-0.2, -0.15) is 5.10 Å². The summed E-state index contributed by atoms with van der Waals surface area (Å²) in [7, 11) is 0. The van der Waals surface area contributed by atoms with Crippen molar-refractivity contribution >= 4 is 17.5 Å². The van der Waals surface area contributed by atoms with Crippen molar-refractivity contribution in [2.45, 2.75) is 32.7 Å². The fraction of sp³-hybridized carbons (Fsp3) is 0.194. The number of pyridine rings is 1. The number of carboxylic acid groups (broad SMARTS) is 1. The smallest absolute Gasteiger partial charge is 0.337 e. The number of aromatic nitrogens is 4. The maximum atomic E-state index is 15.3. The van der Waals surface area contributed by atoms with Gasteiger partial charge < -0.3 is 10.0 Å². The minimum Gasteiger partial charge on any atom is -0.478 e. The molecule has 0 fully saturated rings. The third kappa shape index (κ3) is 4.39. The molecule has 1 unspecified atom stereocenters. The third-order valence-corrected chi connectivity index (χ3v) is 7.49. The van der Waals surface area contributed by atoms with Gasteiger partial charge in [0.05, 0.1) is 23.0 Å². The van der Waals surface area contributed by atoms with E-state index in [1.807, 2.05) is 30.9 Å². The molecule has 1 N–H and O–H groups in total. The predicted molar refractivity (Wildman–Crippen MR) is 148 cm³/mol. The van der Waals surface area contributed by atoms with Crippen LogP contribution in [0.15, 0.2) is 72.9 Å². The van der Waals surface area contributed by atoms with Crippen LogP contribution in [0.5, 0.6) is 0 Å². The Bertz CT molecular complexity index is 1780. The van der Waals surface area contributed by atoms with Gasteiger partial charge in [-0.3, -0.25) is 9.78 Å². The first-order chi connectivity index (χ1) is 19.3. The van der Waals surface area contributed by atoms with Gasteiger partial charge in [-0.25, -0.2) is 18.7 Å². The number of fused-ring (bicyclic) bond motifs is 2. The SMILES string of the molecule is CCc1cc(C(=O)N2CCc3ccccc3C2C)nc2cc(-c3ccc(-c4ccc(C(=O)O)cn4)cc3F)nn12. The normalized spacial score (nSPS) is 14.8. The first kappa shape index (κ1) is 25.4. The zero-order valence-corrected chi connectivity index (χ0v) is 22.0. The molecular formula is C31H26FN5O3. The number of hydrogen-bond acceptors (Lipinski definition) is 5. The van der Waals surface area contributed by atoms with Crippen molar-refractivity contribution < 1.29 is 19.1 Å². The molecule has 0 radical (unpaired) electrons. The number of amides is 1. The van der Waals surface area contributed by atoms with Crippen molar-refractivity contribution in [1.82, 2.24) is 24.5 Å². The van der Waals surface area contributed by atoms with Crippen LogP contribution in [-0.2, 0) is 12.8 Å². The first-order valence-electron chi connectivity index (χ1n) is 13.1. The Morgan fingerprint density at radius 1 is 1.05 bits per heavy atom. The minimum atomic E-state index is -1.08. The lowest BCUT2D eigenvalue weighted by molar-refractivity contribution is 0.0668. The van der Waals surface area contributed by atoms with Crippen molar-refractivity contribution in [2.24, 2.45) is 0 Å². The molecule has 0 saturated carbocycles. The molecule has 1 amide bonds. The summed E-state index contributed by atoms with van der Waals surface area (Å²) < 4.78 is 17.0. The van der Waals surface area contributed by atoms with E-state index in [4.69, 9.17) is 5.11 Å². The van der Waals surface area contributed by atoms with E-state index in [9.17, 15) is 9.59 Å². The third-order valence-electron chi connectivity index (χ3n) is 7.49. The van der Waals surface area contributed by atoms with Gasteiger partial charge in [0.25, 0.3) is 5.91 Å². The van der Waals surface area contributed by atoms with Crippen molar-refractivity contribution in [3.05, 3.63) is 107 Å². The highest BCUT2D eigenvalue weighted by atomic mass is 19.1. The topological polar surface area (TPSA) is 101 Å². The zero-order valence-electron chi connectivity index (χ0n) is 22.0. The Morgan fingerprint density at radius 2 is 1.88 bits per heavy atom. The second-order valence-electron chi connectivity index (χ2n) is 9.84. The van der Waals surface area contributed by atoms with Crippen molar-refractivity contribution in [3.8, 4) is 22.5 Å². The van der Waals surface area contributed by atoms with Crippen LogP contribution >= 0.6 is 0 Å². The largest absolute Gasteiger partial charge is 0.478 e. The fourth-order valence-corrected chi connectivity index (χ4v) is 5.30. The standard InChI is InChI=1S/C31H26FN5O3/c1-3-22-15-28(30(38)36-13-12-19-6-4-5-7-23(19)18(36)2)34-29-16-27(35-37(22)29)24-10-8-20(14-25(24)32)26-11-9-21(17-33-26)31(39)40/h4-11,14-18H,3,12-13H2,1-2H3,(H,39,40). The summed E-state index contributed by atoms with van der Waals surface area (Å²) in [5.74, 6) is -1.72. The van der Waals surface area contributed by atoms with Gasteiger partial charge in [-0.05, 0) is 61.2 Å². The second kappa shape index (κ2) is 10.00. The number of benzene rings is 2. The van der Waals surface area contributed by atoms with Crippen LogP contribution < -0.4 is 0 Å².